The van der Waals surface area contributed by atoms with E-state index in [4.69, 9.17) is 16.3 Å². The number of amides is 2. The Balaban J connectivity index is 1.47. The minimum absolute atomic E-state index is 0.147. The number of anilines is 2. The topological polar surface area (TPSA) is 70.7 Å². The van der Waals surface area contributed by atoms with Gasteiger partial charge in [0.25, 0.3) is 11.8 Å². The van der Waals surface area contributed by atoms with Crippen LogP contribution in [-0.2, 0) is 4.79 Å². The number of hydrogen-bond donors (Lipinski definition) is 2. The van der Waals surface area contributed by atoms with Crippen LogP contribution in [0, 0.1) is 0 Å². The lowest BCUT2D eigenvalue weighted by molar-refractivity contribution is -0.118. The molecule has 1 heterocycles. The van der Waals surface area contributed by atoms with Gasteiger partial charge in [-0.05, 0) is 67.8 Å². The average Bonchev–Trinajstić information content (AvgIpc) is 3.39. The summed E-state index contributed by atoms with van der Waals surface area (Å²) in [7, 11) is 0. The molecule has 0 saturated carbocycles. The smallest absolute Gasteiger partial charge is 0.262 e. The number of nitrogens with zero attached hydrogens (tertiary/aromatic N) is 1. The van der Waals surface area contributed by atoms with Gasteiger partial charge in [-0.1, -0.05) is 41.9 Å². The molecule has 2 N–H and O–H groups in total. The molecule has 2 amide bonds. The highest BCUT2D eigenvalue weighted by atomic mass is 35.5. The molecule has 4 rings (SSSR count). The lowest BCUT2D eigenvalue weighted by Crippen LogP contribution is -2.30. The second-order valence-corrected chi connectivity index (χ2v) is 8.76. The molecule has 1 aliphatic rings. The zero-order chi connectivity index (χ0) is 23.9. The standard InChI is InChI=1S/C27H28ClN3O3/c1-19(20-7-3-2-4-8-20)29-27(33)24-17-22(11-14-25(24)31-15-5-6-16-31)30-26(32)18-34-23-12-9-21(28)10-13-23/h2-4,7-14,17,19H,5-6,15-16,18H2,1H3,(H,29,33)(H,30,32). The summed E-state index contributed by atoms with van der Waals surface area (Å²) >= 11 is 5.88. The van der Waals surface area contributed by atoms with Crippen molar-refractivity contribution >= 4 is 34.8 Å². The molecule has 1 saturated heterocycles. The number of halogens is 1. The van der Waals surface area contributed by atoms with Gasteiger partial charge < -0.3 is 20.3 Å². The molecule has 1 atom stereocenters. The lowest BCUT2D eigenvalue weighted by Gasteiger charge is -2.23. The SMILES string of the molecule is CC(NC(=O)c1cc(NC(=O)COc2ccc(Cl)cc2)ccc1N1CCCC1)c1ccccc1. The third kappa shape index (κ3) is 6.08. The fourth-order valence-electron chi connectivity index (χ4n) is 4.01. The van der Waals surface area contributed by atoms with Crippen LogP contribution < -0.4 is 20.3 Å². The van der Waals surface area contributed by atoms with Crippen LogP contribution in [0.3, 0.4) is 0 Å². The highest BCUT2D eigenvalue weighted by Gasteiger charge is 2.22. The van der Waals surface area contributed by atoms with E-state index in [0.29, 0.717) is 22.0 Å². The number of hydrogen-bond acceptors (Lipinski definition) is 4. The van der Waals surface area contributed by atoms with Gasteiger partial charge in [0.2, 0.25) is 0 Å². The summed E-state index contributed by atoms with van der Waals surface area (Å²) in [6.45, 7) is 3.63. The van der Waals surface area contributed by atoms with E-state index in [1.54, 1.807) is 30.3 Å². The maximum Gasteiger partial charge on any atom is 0.262 e. The Bertz CT molecular complexity index is 1130. The number of carbonyl (C=O) groups excluding carboxylic acids is 2. The van der Waals surface area contributed by atoms with Crippen LogP contribution in [0.5, 0.6) is 5.75 Å². The highest BCUT2D eigenvalue weighted by molar-refractivity contribution is 6.30. The van der Waals surface area contributed by atoms with Crippen LogP contribution in [0.25, 0.3) is 0 Å². The fourth-order valence-corrected chi connectivity index (χ4v) is 4.13. The second-order valence-electron chi connectivity index (χ2n) is 8.32. The maximum atomic E-state index is 13.3. The number of nitrogens with one attached hydrogen (secondary N) is 2. The van der Waals surface area contributed by atoms with Crippen molar-refractivity contribution in [2.45, 2.75) is 25.8 Å². The first-order chi connectivity index (χ1) is 16.5. The predicted octanol–water partition coefficient (Wildman–Crippen LogP) is 5.45. The molecule has 0 aromatic heterocycles. The van der Waals surface area contributed by atoms with Gasteiger partial charge in [0.1, 0.15) is 5.75 Å². The second kappa shape index (κ2) is 11.1. The van der Waals surface area contributed by atoms with Crippen molar-refractivity contribution < 1.29 is 14.3 Å². The van der Waals surface area contributed by atoms with E-state index in [0.717, 1.165) is 37.2 Å². The van der Waals surface area contributed by atoms with E-state index in [1.165, 1.54) is 0 Å². The van der Waals surface area contributed by atoms with Crippen LogP contribution in [0.15, 0.2) is 72.8 Å². The van der Waals surface area contributed by atoms with E-state index >= 15 is 0 Å². The zero-order valence-electron chi connectivity index (χ0n) is 19.1. The van der Waals surface area contributed by atoms with Crippen molar-refractivity contribution in [2.24, 2.45) is 0 Å². The summed E-state index contributed by atoms with van der Waals surface area (Å²) in [5.41, 5.74) is 3.00. The molecule has 0 bridgehead atoms. The summed E-state index contributed by atoms with van der Waals surface area (Å²) in [6, 6.07) is 22.0. The molecule has 176 valence electrons. The fraction of sp³-hybridized carbons (Fsp3) is 0.259. The van der Waals surface area contributed by atoms with Gasteiger partial charge in [0.05, 0.1) is 11.6 Å². The Hall–Kier alpha value is -3.51. The third-order valence-corrected chi connectivity index (χ3v) is 6.05. The molecule has 0 radical (unpaired) electrons. The van der Waals surface area contributed by atoms with Gasteiger partial charge >= 0.3 is 0 Å². The summed E-state index contributed by atoms with van der Waals surface area (Å²) in [5, 5.41) is 6.53. The summed E-state index contributed by atoms with van der Waals surface area (Å²) in [4.78, 5) is 28.0. The van der Waals surface area contributed by atoms with Crippen molar-refractivity contribution in [3.8, 4) is 5.75 Å². The van der Waals surface area contributed by atoms with Crippen LogP contribution >= 0.6 is 11.6 Å². The first-order valence-corrected chi connectivity index (χ1v) is 11.8. The first kappa shape index (κ1) is 23.6. The lowest BCUT2D eigenvalue weighted by atomic mass is 10.1. The molecule has 34 heavy (non-hydrogen) atoms. The Labute approximate surface area is 204 Å². The van der Waals surface area contributed by atoms with Gasteiger partial charge in [-0.25, -0.2) is 0 Å². The average molecular weight is 478 g/mol. The Kier molecular flexibility index (Phi) is 7.70. The van der Waals surface area contributed by atoms with Crippen LogP contribution in [0.1, 0.15) is 41.7 Å². The molecule has 3 aromatic carbocycles. The van der Waals surface area contributed by atoms with Crippen molar-refractivity contribution in [1.82, 2.24) is 5.32 Å². The monoisotopic (exact) mass is 477 g/mol. The van der Waals surface area contributed by atoms with Gasteiger partial charge in [-0.15, -0.1) is 0 Å². The number of rotatable bonds is 8. The van der Waals surface area contributed by atoms with Crippen LogP contribution in [0.2, 0.25) is 5.02 Å². The Morgan fingerprint density at radius 1 is 1.00 bits per heavy atom. The molecule has 1 aliphatic heterocycles. The zero-order valence-corrected chi connectivity index (χ0v) is 19.8. The van der Waals surface area contributed by atoms with Gasteiger partial charge in [-0.2, -0.15) is 0 Å². The van der Waals surface area contributed by atoms with Gasteiger partial charge in [0, 0.05) is 29.5 Å². The van der Waals surface area contributed by atoms with Crippen molar-refractivity contribution in [1.29, 1.82) is 0 Å². The molecule has 7 heteroatoms. The van der Waals surface area contributed by atoms with Gasteiger partial charge in [-0.3, -0.25) is 9.59 Å². The van der Waals surface area contributed by atoms with Crippen LogP contribution in [0.4, 0.5) is 11.4 Å². The van der Waals surface area contributed by atoms with E-state index in [1.807, 2.05) is 49.4 Å². The molecule has 0 aliphatic carbocycles. The molecule has 6 nitrogen and oxygen atoms in total. The largest absolute Gasteiger partial charge is 0.484 e. The molecule has 0 spiro atoms. The Morgan fingerprint density at radius 2 is 1.71 bits per heavy atom. The minimum atomic E-state index is -0.312. The van der Waals surface area contributed by atoms with Crippen LogP contribution in [-0.4, -0.2) is 31.5 Å². The highest BCUT2D eigenvalue weighted by Crippen LogP contribution is 2.28. The van der Waals surface area contributed by atoms with Crippen molar-refractivity contribution in [3.05, 3.63) is 88.9 Å². The normalized spacial score (nSPS) is 13.9. The van der Waals surface area contributed by atoms with E-state index in [9.17, 15) is 9.59 Å². The molecular weight excluding hydrogens is 450 g/mol. The number of benzene rings is 3. The summed E-state index contributed by atoms with van der Waals surface area (Å²) < 4.78 is 5.52. The molecule has 1 unspecified atom stereocenters. The molecule has 3 aromatic rings. The quantitative estimate of drug-likeness (QED) is 0.452. The van der Waals surface area contributed by atoms with E-state index < -0.39 is 0 Å². The van der Waals surface area contributed by atoms with Crippen molar-refractivity contribution in [2.75, 3.05) is 29.9 Å². The number of carbonyl (C=O) groups is 2. The summed E-state index contributed by atoms with van der Waals surface area (Å²) in [5.74, 6) is 0.0681. The summed E-state index contributed by atoms with van der Waals surface area (Å²) in [6.07, 6.45) is 2.20. The van der Waals surface area contributed by atoms with Gasteiger partial charge in [0.15, 0.2) is 6.61 Å². The number of ether oxygens (including phenoxy) is 1. The third-order valence-electron chi connectivity index (χ3n) is 5.80. The maximum absolute atomic E-state index is 13.3. The predicted molar refractivity (Wildman–Crippen MR) is 136 cm³/mol. The molecular formula is C27H28ClN3O3. The van der Waals surface area contributed by atoms with Crippen molar-refractivity contribution in [3.63, 3.8) is 0 Å². The first-order valence-electron chi connectivity index (χ1n) is 11.4. The van der Waals surface area contributed by atoms with E-state index in [2.05, 4.69) is 15.5 Å². The van der Waals surface area contributed by atoms with E-state index in [-0.39, 0.29) is 24.5 Å². The molecule has 1 fully saturated rings. The minimum Gasteiger partial charge on any atom is -0.484 e. The Morgan fingerprint density at radius 3 is 2.41 bits per heavy atom.